The molecule has 2 saturated heterocycles. The molecule has 0 saturated carbocycles. The van der Waals surface area contributed by atoms with Gasteiger partial charge < -0.3 is 14.5 Å². The fraction of sp³-hybridized carbons (Fsp3) is 0.722. The summed E-state index contributed by atoms with van der Waals surface area (Å²) < 4.78 is 5.68. The van der Waals surface area contributed by atoms with Crippen molar-refractivity contribution in [1.29, 1.82) is 0 Å². The molecule has 3 heterocycles. The lowest BCUT2D eigenvalue weighted by Gasteiger charge is -2.40. The van der Waals surface area contributed by atoms with Gasteiger partial charge in [-0.15, -0.1) is 0 Å². The van der Waals surface area contributed by atoms with Gasteiger partial charge in [-0.3, -0.25) is 9.59 Å². The minimum atomic E-state index is -0.840. The van der Waals surface area contributed by atoms with Gasteiger partial charge in [0.05, 0.1) is 5.57 Å². The molecule has 1 spiro atoms. The molecule has 24 heavy (non-hydrogen) atoms. The van der Waals surface area contributed by atoms with Crippen molar-refractivity contribution in [1.82, 2.24) is 9.80 Å². The van der Waals surface area contributed by atoms with Crippen molar-refractivity contribution in [2.45, 2.75) is 52.1 Å². The second kappa shape index (κ2) is 6.22. The Hall–Kier alpha value is -1.85. The van der Waals surface area contributed by atoms with Crippen molar-refractivity contribution in [3.8, 4) is 0 Å². The van der Waals surface area contributed by atoms with Crippen LogP contribution in [0.4, 0.5) is 0 Å². The van der Waals surface area contributed by atoms with Crippen LogP contribution in [0, 0.1) is 5.92 Å². The van der Waals surface area contributed by atoms with Gasteiger partial charge in [-0.05, 0) is 25.7 Å². The van der Waals surface area contributed by atoms with E-state index in [9.17, 15) is 14.4 Å². The maximum atomic E-state index is 13.1. The van der Waals surface area contributed by atoms with Crippen LogP contribution in [-0.2, 0) is 19.1 Å². The second-order valence-corrected chi connectivity index (χ2v) is 7.36. The Balaban J connectivity index is 1.82. The first-order valence-electron chi connectivity index (χ1n) is 8.83. The number of hydrogen-bond donors (Lipinski definition) is 0. The van der Waals surface area contributed by atoms with E-state index in [1.807, 2.05) is 4.90 Å². The molecule has 2 amide bonds. The largest absolute Gasteiger partial charge is 0.450 e. The molecule has 3 aliphatic heterocycles. The molecule has 2 fully saturated rings. The lowest BCUT2D eigenvalue weighted by atomic mass is 9.82. The summed E-state index contributed by atoms with van der Waals surface area (Å²) >= 11 is 0. The van der Waals surface area contributed by atoms with Gasteiger partial charge in [0, 0.05) is 51.5 Å². The molecule has 3 aliphatic rings. The summed E-state index contributed by atoms with van der Waals surface area (Å²) in [6.07, 6.45) is 3.00. The van der Waals surface area contributed by atoms with Gasteiger partial charge >= 0.3 is 5.97 Å². The van der Waals surface area contributed by atoms with E-state index in [0.29, 0.717) is 43.0 Å². The number of likely N-dealkylation sites (tertiary alicyclic amines) is 2. The maximum Gasteiger partial charge on any atom is 0.335 e. The molecule has 0 aromatic rings. The quantitative estimate of drug-likeness (QED) is 0.682. The summed E-state index contributed by atoms with van der Waals surface area (Å²) in [5.41, 5.74) is 0.132. The third-order valence-corrected chi connectivity index (χ3v) is 5.73. The molecule has 3 rings (SSSR count). The van der Waals surface area contributed by atoms with Crippen molar-refractivity contribution >= 4 is 17.8 Å². The van der Waals surface area contributed by atoms with Gasteiger partial charge in [-0.1, -0.05) is 6.92 Å². The minimum absolute atomic E-state index is 0.0211. The zero-order valence-electron chi connectivity index (χ0n) is 14.8. The smallest absolute Gasteiger partial charge is 0.335 e. The lowest BCUT2D eigenvalue weighted by molar-refractivity contribution is -0.152. The molecule has 6 nitrogen and oxygen atoms in total. The number of nitrogens with zero attached hydrogens (tertiary/aromatic N) is 2. The summed E-state index contributed by atoms with van der Waals surface area (Å²) in [6.45, 7) is 7.94. The van der Waals surface area contributed by atoms with Crippen molar-refractivity contribution < 1.29 is 19.1 Å². The SMILES string of the molecule is CC(=O)N1CCC2(CC1)OC(=O)C(C)=C2C(=O)N1CCC(C)CC1. The predicted molar refractivity (Wildman–Crippen MR) is 88.0 cm³/mol. The van der Waals surface area contributed by atoms with E-state index in [1.165, 1.54) is 0 Å². The molecular formula is C18H26N2O4. The Morgan fingerprint density at radius 1 is 1.08 bits per heavy atom. The number of ether oxygens (including phenoxy) is 1. The van der Waals surface area contributed by atoms with E-state index in [-0.39, 0.29) is 17.8 Å². The monoisotopic (exact) mass is 334 g/mol. The Morgan fingerprint density at radius 3 is 2.21 bits per heavy atom. The summed E-state index contributed by atoms with van der Waals surface area (Å²) in [7, 11) is 0. The Labute approximate surface area is 142 Å². The molecule has 0 atom stereocenters. The first-order valence-corrected chi connectivity index (χ1v) is 8.83. The Bertz CT molecular complexity index is 594. The number of carbonyl (C=O) groups excluding carboxylic acids is 3. The number of carbonyl (C=O) groups is 3. The van der Waals surface area contributed by atoms with Crippen LogP contribution in [-0.4, -0.2) is 59.4 Å². The van der Waals surface area contributed by atoms with Crippen LogP contribution >= 0.6 is 0 Å². The van der Waals surface area contributed by atoms with E-state index in [4.69, 9.17) is 4.74 Å². The third kappa shape index (κ3) is 2.82. The maximum absolute atomic E-state index is 13.1. The standard InChI is InChI=1S/C18H26N2O4/c1-12-4-8-20(9-5-12)16(22)15-13(2)17(23)24-18(15)6-10-19(11-7-18)14(3)21/h12H,4-11H2,1-3H3. The van der Waals surface area contributed by atoms with E-state index in [1.54, 1.807) is 18.7 Å². The van der Waals surface area contributed by atoms with E-state index in [0.717, 1.165) is 25.9 Å². The zero-order valence-corrected chi connectivity index (χ0v) is 14.8. The number of piperidine rings is 2. The molecule has 0 N–H and O–H groups in total. The highest BCUT2D eigenvalue weighted by Crippen LogP contribution is 2.42. The van der Waals surface area contributed by atoms with Gasteiger partial charge in [-0.25, -0.2) is 4.79 Å². The zero-order chi connectivity index (χ0) is 17.5. The van der Waals surface area contributed by atoms with E-state index in [2.05, 4.69) is 6.92 Å². The average Bonchev–Trinajstić information content (AvgIpc) is 2.78. The highest BCUT2D eigenvalue weighted by molar-refractivity contribution is 6.07. The molecular weight excluding hydrogens is 308 g/mol. The van der Waals surface area contributed by atoms with Crippen molar-refractivity contribution in [3.63, 3.8) is 0 Å². The molecule has 6 heteroatoms. The number of rotatable bonds is 1. The average molecular weight is 334 g/mol. The minimum Gasteiger partial charge on any atom is -0.450 e. The van der Waals surface area contributed by atoms with Crippen LogP contribution in [0.15, 0.2) is 11.1 Å². The molecule has 0 aromatic heterocycles. The van der Waals surface area contributed by atoms with Gasteiger partial charge in [-0.2, -0.15) is 0 Å². The molecule has 0 radical (unpaired) electrons. The summed E-state index contributed by atoms with van der Waals surface area (Å²) in [5, 5.41) is 0. The van der Waals surface area contributed by atoms with Gasteiger partial charge in [0.1, 0.15) is 5.60 Å². The van der Waals surface area contributed by atoms with E-state index < -0.39 is 5.60 Å². The molecule has 0 unspecified atom stereocenters. The van der Waals surface area contributed by atoms with Crippen LogP contribution in [0.25, 0.3) is 0 Å². The topological polar surface area (TPSA) is 66.9 Å². The summed E-state index contributed by atoms with van der Waals surface area (Å²) in [4.78, 5) is 40.5. The van der Waals surface area contributed by atoms with Crippen molar-refractivity contribution in [2.24, 2.45) is 5.92 Å². The molecule has 0 aromatic carbocycles. The first-order chi connectivity index (χ1) is 11.3. The van der Waals surface area contributed by atoms with Gasteiger partial charge in [0.15, 0.2) is 0 Å². The highest BCUT2D eigenvalue weighted by Gasteiger charge is 2.52. The predicted octanol–water partition coefficient (Wildman–Crippen LogP) is 1.50. The Kier molecular flexibility index (Phi) is 4.40. The summed E-state index contributed by atoms with van der Waals surface area (Å²) in [6, 6.07) is 0. The van der Waals surface area contributed by atoms with Crippen LogP contribution in [0.5, 0.6) is 0 Å². The third-order valence-electron chi connectivity index (χ3n) is 5.73. The van der Waals surface area contributed by atoms with E-state index >= 15 is 0 Å². The molecule has 0 aliphatic carbocycles. The number of esters is 1. The van der Waals surface area contributed by atoms with Crippen LogP contribution in [0.3, 0.4) is 0 Å². The fourth-order valence-electron chi connectivity index (χ4n) is 4.01. The van der Waals surface area contributed by atoms with Crippen LogP contribution in [0.1, 0.15) is 46.5 Å². The molecule has 0 bridgehead atoms. The van der Waals surface area contributed by atoms with Crippen LogP contribution in [0.2, 0.25) is 0 Å². The number of hydrogen-bond acceptors (Lipinski definition) is 4. The molecule has 132 valence electrons. The number of amides is 2. The fourth-order valence-corrected chi connectivity index (χ4v) is 4.01. The normalized spacial score (nSPS) is 24.5. The highest BCUT2D eigenvalue weighted by atomic mass is 16.6. The lowest BCUT2D eigenvalue weighted by Crippen LogP contribution is -2.51. The second-order valence-electron chi connectivity index (χ2n) is 7.36. The first kappa shape index (κ1) is 17.0. The Morgan fingerprint density at radius 2 is 1.67 bits per heavy atom. The van der Waals surface area contributed by atoms with Crippen LogP contribution < -0.4 is 0 Å². The van der Waals surface area contributed by atoms with Gasteiger partial charge in [0.25, 0.3) is 5.91 Å². The van der Waals surface area contributed by atoms with Crippen molar-refractivity contribution in [3.05, 3.63) is 11.1 Å². The summed E-state index contributed by atoms with van der Waals surface area (Å²) in [5.74, 6) is 0.215. The van der Waals surface area contributed by atoms with Gasteiger partial charge in [0.2, 0.25) is 5.91 Å². The van der Waals surface area contributed by atoms with Crippen molar-refractivity contribution in [2.75, 3.05) is 26.2 Å².